The van der Waals surface area contributed by atoms with Crippen molar-refractivity contribution in [1.29, 1.82) is 0 Å². The molecule has 1 fully saturated rings. The van der Waals surface area contributed by atoms with Gasteiger partial charge in [-0.1, -0.05) is 25.4 Å². The first-order chi connectivity index (χ1) is 11.4. The van der Waals surface area contributed by atoms with E-state index in [-0.39, 0.29) is 36.1 Å². The van der Waals surface area contributed by atoms with Crippen LogP contribution in [0.3, 0.4) is 0 Å². The van der Waals surface area contributed by atoms with Crippen molar-refractivity contribution in [3.05, 3.63) is 28.8 Å². The van der Waals surface area contributed by atoms with Crippen molar-refractivity contribution in [2.75, 3.05) is 25.0 Å². The molecule has 0 bridgehead atoms. The fraction of sp³-hybridized carbons (Fsp3) is 0.529. The molecule has 2 atom stereocenters. The number of amides is 2. The monoisotopic (exact) mass is 389 g/mol. The lowest BCUT2D eigenvalue weighted by Gasteiger charge is -2.15. The van der Waals surface area contributed by atoms with E-state index in [9.17, 15) is 14.7 Å². The number of nitrogens with one attached hydrogen (secondary N) is 3. The molecule has 1 saturated heterocycles. The van der Waals surface area contributed by atoms with Gasteiger partial charge in [0.2, 0.25) is 5.91 Å². The van der Waals surface area contributed by atoms with Gasteiger partial charge in [0.15, 0.2) is 0 Å². The predicted octanol–water partition coefficient (Wildman–Crippen LogP) is 2.06. The summed E-state index contributed by atoms with van der Waals surface area (Å²) in [6.45, 7) is 5.51. The van der Waals surface area contributed by atoms with E-state index in [1.165, 1.54) is 0 Å². The highest BCUT2D eigenvalue weighted by molar-refractivity contribution is 6.34. The van der Waals surface area contributed by atoms with Crippen LogP contribution in [0, 0.1) is 11.8 Å². The van der Waals surface area contributed by atoms with Gasteiger partial charge in [0.1, 0.15) is 0 Å². The second kappa shape index (κ2) is 9.97. The first kappa shape index (κ1) is 21.7. The maximum atomic E-state index is 12.3. The van der Waals surface area contributed by atoms with Crippen molar-refractivity contribution in [3.8, 4) is 0 Å². The summed E-state index contributed by atoms with van der Waals surface area (Å²) in [6, 6.07) is 4.83. The van der Waals surface area contributed by atoms with E-state index in [0.29, 0.717) is 42.3 Å². The molecule has 0 radical (unpaired) electrons. The SMILES string of the molecule is CC(C)CC(=O)Nc1ccc(Cl)c(C(=O)NCC2CNCC2O)c1.Cl. The maximum absolute atomic E-state index is 12.3. The Kier molecular flexibility index (Phi) is 8.65. The number of aliphatic hydroxyl groups excluding tert-OH is 1. The number of β-amino-alcohol motifs (C(OH)–C–C–N with tert-alkyl or cyclic N) is 1. The maximum Gasteiger partial charge on any atom is 0.252 e. The second-order valence-corrected chi connectivity index (χ2v) is 6.94. The number of hydrogen-bond acceptors (Lipinski definition) is 4. The first-order valence-electron chi connectivity index (χ1n) is 8.13. The molecule has 2 unspecified atom stereocenters. The van der Waals surface area contributed by atoms with E-state index < -0.39 is 6.10 Å². The molecule has 2 amide bonds. The third-order valence-corrected chi connectivity index (χ3v) is 4.25. The number of anilines is 1. The molecule has 0 aromatic heterocycles. The van der Waals surface area contributed by atoms with Crippen molar-refractivity contribution in [3.63, 3.8) is 0 Å². The van der Waals surface area contributed by atoms with Crippen LogP contribution in [0.4, 0.5) is 5.69 Å². The topological polar surface area (TPSA) is 90.5 Å². The van der Waals surface area contributed by atoms with Crippen LogP contribution in [0.1, 0.15) is 30.6 Å². The highest BCUT2D eigenvalue weighted by Crippen LogP contribution is 2.21. The molecule has 8 heteroatoms. The van der Waals surface area contributed by atoms with E-state index in [2.05, 4.69) is 16.0 Å². The number of rotatable bonds is 6. The van der Waals surface area contributed by atoms with Gasteiger partial charge >= 0.3 is 0 Å². The third-order valence-electron chi connectivity index (χ3n) is 3.92. The van der Waals surface area contributed by atoms with E-state index in [1.54, 1.807) is 18.2 Å². The molecule has 0 aliphatic carbocycles. The largest absolute Gasteiger partial charge is 0.391 e. The second-order valence-electron chi connectivity index (χ2n) is 6.54. The van der Waals surface area contributed by atoms with Gasteiger partial charge in [-0.25, -0.2) is 0 Å². The van der Waals surface area contributed by atoms with Gasteiger partial charge in [-0.2, -0.15) is 0 Å². The zero-order valence-corrected chi connectivity index (χ0v) is 15.9. The van der Waals surface area contributed by atoms with E-state index in [4.69, 9.17) is 11.6 Å². The quantitative estimate of drug-likeness (QED) is 0.599. The summed E-state index contributed by atoms with van der Waals surface area (Å²) < 4.78 is 0. The molecule has 1 aromatic rings. The summed E-state index contributed by atoms with van der Waals surface area (Å²) in [4.78, 5) is 24.2. The number of aliphatic hydroxyl groups is 1. The molecule has 140 valence electrons. The molecule has 6 nitrogen and oxygen atoms in total. The number of carbonyl (C=O) groups is 2. The molecule has 1 aliphatic rings. The molecule has 1 aromatic carbocycles. The summed E-state index contributed by atoms with van der Waals surface area (Å²) in [5.74, 6) is -0.175. The predicted molar refractivity (Wildman–Crippen MR) is 101 cm³/mol. The Morgan fingerprint density at radius 3 is 2.68 bits per heavy atom. The summed E-state index contributed by atoms with van der Waals surface area (Å²) in [6.07, 6.45) is -0.0427. The van der Waals surface area contributed by atoms with Crippen LogP contribution in [0.25, 0.3) is 0 Å². The normalized spacial score (nSPS) is 19.4. The van der Waals surface area contributed by atoms with Crippen molar-refractivity contribution in [2.45, 2.75) is 26.4 Å². The zero-order chi connectivity index (χ0) is 17.7. The van der Waals surface area contributed by atoms with Crippen molar-refractivity contribution < 1.29 is 14.7 Å². The molecule has 0 saturated carbocycles. The first-order valence-corrected chi connectivity index (χ1v) is 8.51. The van der Waals surface area contributed by atoms with Crippen LogP contribution in [0.5, 0.6) is 0 Å². The fourth-order valence-electron chi connectivity index (χ4n) is 2.61. The molecule has 25 heavy (non-hydrogen) atoms. The van der Waals surface area contributed by atoms with Gasteiger partial charge < -0.3 is 21.1 Å². The molecule has 2 rings (SSSR count). The van der Waals surface area contributed by atoms with E-state index in [1.807, 2.05) is 13.8 Å². The molecular formula is C17H25Cl2N3O3. The highest BCUT2D eigenvalue weighted by atomic mass is 35.5. The smallest absolute Gasteiger partial charge is 0.252 e. The lowest BCUT2D eigenvalue weighted by Crippen LogP contribution is -2.34. The van der Waals surface area contributed by atoms with Gasteiger partial charge in [0, 0.05) is 37.7 Å². The minimum absolute atomic E-state index is 0. The highest BCUT2D eigenvalue weighted by Gasteiger charge is 2.25. The average molecular weight is 390 g/mol. The van der Waals surface area contributed by atoms with Gasteiger partial charge in [0.05, 0.1) is 16.7 Å². The average Bonchev–Trinajstić information content (AvgIpc) is 2.91. The Morgan fingerprint density at radius 1 is 1.36 bits per heavy atom. The summed E-state index contributed by atoms with van der Waals surface area (Å²) in [5, 5.41) is 18.7. The summed E-state index contributed by atoms with van der Waals surface area (Å²) >= 11 is 6.10. The van der Waals surface area contributed by atoms with Gasteiger partial charge in [-0.15, -0.1) is 12.4 Å². The van der Waals surface area contributed by atoms with Crippen molar-refractivity contribution >= 4 is 41.5 Å². The Labute approximate surface area is 159 Å². The van der Waals surface area contributed by atoms with Crippen LogP contribution in [0.15, 0.2) is 18.2 Å². The summed E-state index contributed by atoms with van der Waals surface area (Å²) in [5.41, 5.74) is 0.845. The van der Waals surface area contributed by atoms with E-state index in [0.717, 1.165) is 0 Å². The van der Waals surface area contributed by atoms with Gasteiger partial charge in [-0.05, 0) is 24.1 Å². The number of carbonyl (C=O) groups excluding carboxylic acids is 2. The lowest BCUT2D eigenvalue weighted by atomic mass is 10.1. The van der Waals surface area contributed by atoms with Gasteiger partial charge in [0.25, 0.3) is 5.91 Å². The minimum atomic E-state index is -0.456. The Bertz CT molecular complexity index is 611. The van der Waals surface area contributed by atoms with E-state index >= 15 is 0 Å². The van der Waals surface area contributed by atoms with Crippen molar-refractivity contribution in [1.82, 2.24) is 10.6 Å². The number of halogens is 2. The Morgan fingerprint density at radius 2 is 2.08 bits per heavy atom. The number of benzene rings is 1. The molecule has 4 N–H and O–H groups in total. The van der Waals surface area contributed by atoms with Crippen LogP contribution in [-0.4, -0.2) is 42.7 Å². The Balaban J connectivity index is 0.00000312. The molecule has 1 heterocycles. The van der Waals surface area contributed by atoms with Crippen LogP contribution in [-0.2, 0) is 4.79 Å². The zero-order valence-electron chi connectivity index (χ0n) is 14.3. The minimum Gasteiger partial charge on any atom is -0.391 e. The lowest BCUT2D eigenvalue weighted by molar-refractivity contribution is -0.116. The van der Waals surface area contributed by atoms with Crippen LogP contribution < -0.4 is 16.0 Å². The van der Waals surface area contributed by atoms with Crippen LogP contribution in [0.2, 0.25) is 5.02 Å². The molecule has 0 spiro atoms. The number of hydrogen-bond donors (Lipinski definition) is 4. The standard InChI is InChI=1S/C17H24ClN3O3.ClH/c1-10(2)5-16(23)21-12-3-4-14(18)13(6-12)17(24)20-8-11-7-19-9-15(11)22;/h3-4,6,10-11,15,19,22H,5,7-9H2,1-2H3,(H,20,24)(H,21,23);1H. The van der Waals surface area contributed by atoms with Crippen molar-refractivity contribution in [2.24, 2.45) is 11.8 Å². The third kappa shape index (κ3) is 6.47. The molecular weight excluding hydrogens is 365 g/mol. The molecule has 1 aliphatic heterocycles. The van der Waals surface area contributed by atoms with Gasteiger partial charge in [-0.3, -0.25) is 9.59 Å². The van der Waals surface area contributed by atoms with Crippen LogP contribution >= 0.6 is 24.0 Å². The Hall–Kier alpha value is -1.34. The fourth-order valence-corrected chi connectivity index (χ4v) is 2.81. The summed E-state index contributed by atoms with van der Waals surface area (Å²) in [7, 11) is 0.